The SMILES string of the molecule is CCCCCCSC(CCCC)CCn1ccnc1. The van der Waals surface area contributed by atoms with Crippen molar-refractivity contribution in [1.82, 2.24) is 9.55 Å². The number of unbranched alkanes of at least 4 members (excludes halogenated alkanes) is 4. The van der Waals surface area contributed by atoms with Gasteiger partial charge in [-0.2, -0.15) is 11.8 Å². The third kappa shape index (κ3) is 8.35. The lowest BCUT2D eigenvalue weighted by Gasteiger charge is -2.16. The molecule has 1 heterocycles. The first-order valence-corrected chi connectivity index (χ1v) is 8.99. The van der Waals surface area contributed by atoms with Crippen LogP contribution in [0.3, 0.4) is 0 Å². The monoisotopic (exact) mass is 282 g/mol. The first-order chi connectivity index (χ1) is 9.36. The Morgan fingerprint density at radius 2 is 1.89 bits per heavy atom. The second-order valence-corrected chi connectivity index (χ2v) is 6.69. The van der Waals surface area contributed by atoms with E-state index in [0.717, 1.165) is 11.8 Å². The molecule has 1 unspecified atom stereocenters. The van der Waals surface area contributed by atoms with Crippen molar-refractivity contribution >= 4 is 11.8 Å². The van der Waals surface area contributed by atoms with E-state index in [9.17, 15) is 0 Å². The van der Waals surface area contributed by atoms with Gasteiger partial charge in [-0.25, -0.2) is 4.98 Å². The maximum atomic E-state index is 4.11. The molecule has 0 N–H and O–H groups in total. The van der Waals surface area contributed by atoms with Gasteiger partial charge in [0.2, 0.25) is 0 Å². The standard InChI is InChI=1S/C16H30N2S/c1-3-5-7-8-14-19-16(9-6-4-2)10-12-18-13-11-17-15-18/h11,13,15-16H,3-10,12,14H2,1-2H3. The van der Waals surface area contributed by atoms with Crippen molar-refractivity contribution in [3.63, 3.8) is 0 Å². The number of thioether (sulfide) groups is 1. The molecule has 0 spiro atoms. The predicted molar refractivity (Wildman–Crippen MR) is 86.8 cm³/mol. The summed E-state index contributed by atoms with van der Waals surface area (Å²) in [6.07, 6.45) is 16.8. The number of aryl methyl sites for hydroxylation is 1. The molecule has 0 aromatic carbocycles. The van der Waals surface area contributed by atoms with E-state index in [4.69, 9.17) is 0 Å². The summed E-state index contributed by atoms with van der Waals surface area (Å²) in [5.74, 6) is 1.35. The highest BCUT2D eigenvalue weighted by atomic mass is 32.2. The third-order valence-electron chi connectivity index (χ3n) is 3.50. The molecule has 0 aliphatic carbocycles. The summed E-state index contributed by atoms with van der Waals surface area (Å²) in [7, 11) is 0. The van der Waals surface area contributed by atoms with E-state index in [0.29, 0.717) is 0 Å². The number of nitrogens with zero attached hydrogens (tertiary/aromatic N) is 2. The Morgan fingerprint density at radius 1 is 1.05 bits per heavy atom. The molecule has 1 aromatic heterocycles. The molecule has 0 bridgehead atoms. The van der Waals surface area contributed by atoms with Gasteiger partial charge >= 0.3 is 0 Å². The molecule has 2 nitrogen and oxygen atoms in total. The number of hydrogen-bond acceptors (Lipinski definition) is 2. The zero-order valence-electron chi connectivity index (χ0n) is 12.7. The molecule has 1 atom stereocenters. The molecular formula is C16H30N2S. The normalized spacial score (nSPS) is 12.7. The Hall–Kier alpha value is -0.440. The molecule has 0 saturated carbocycles. The summed E-state index contributed by atoms with van der Waals surface area (Å²) in [6.45, 7) is 5.69. The molecule has 3 heteroatoms. The van der Waals surface area contributed by atoms with Crippen LogP contribution in [0.2, 0.25) is 0 Å². The van der Waals surface area contributed by atoms with Crippen molar-refractivity contribution < 1.29 is 0 Å². The first-order valence-electron chi connectivity index (χ1n) is 7.94. The van der Waals surface area contributed by atoms with Crippen molar-refractivity contribution in [2.45, 2.75) is 77.0 Å². The van der Waals surface area contributed by atoms with Crippen molar-refractivity contribution in [2.24, 2.45) is 0 Å². The number of aromatic nitrogens is 2. The lowest BCUT2D eigenvalue weighted by atomic mass is 10.1. The lowest BCUT2D eigenvalue weighted by molar-refractivity contribution is 0.579. The number of rotatable bonds is 12. The van der Waals surface area contributed by atoms with E-state index in [1.54, 1.807) is 0 Å². The van der Waals surface area contributed by atoms with Crippen molar-refractivity contribution in [3.05, 3.63) is 18.7 Å². The van der Waals surface area contributed by atoms with E-state index in [1.807, 2.05) is 12.5 Å². The van der Waals surface area contributed by atoms with Crippen LogP contribution >= 0.6 is 11.8 Å². The topological polar surface area (TPSA) is 17.8 Å². The van der Waals surface area contributed by atoms with Crippen LogP contribution < -0.4 is 0 Å². The van der Waals surface area contributed by atoms with Crippen LogP contribution in [0.15, 0.2) is 18.7 Å². The largest absolute Gasteiger partial charge is 0.337 e. The quantitative estimate of drug-likeness (QED) is 0.494. The Bertz CT molecular complexity index is 285. The predicted octanol–water partition coefficient (Wildman–Crippen LogP) is 5.15. The van der Waals surface area contributed by atoms with Crippen LogP contribution in [0, 0.1) is 0 Å². The van der Waals surface area contributed by atoms with Crippen molar-refractivity contribution in [2.75, 3.05) is 5.75 Å². The van der Waals surface area contributed by atoms with Crippen LogP contribution in [0.1, 0.15) is 65.2 Å². The maximum absolute atomic E-state index is 4.11. The van der Waals surface area contributed by atoms with Crippen molar-refractivity contribution in [3.8, 4) is 0 Å². The second-order valence-electron chi connectivity index (χ2n) is 5.28. The van der Waals surface area contributed by atoms with Gasteiger partial charge in [-0.3, -0.25) is 0 Å². The highest BCUT2D eigenvalue weighted by Gasteiger charge is 2.08. The average Bonchev–Trinajstić information content (AvgIpc) is 2.94. The van der Waals surface area contributed by atoms with Gasteiger partial charge in [0.25, 0.3) is 0 Å². The van der Waals surface area contributed by atoms with E-state index >= 15 is 0 Å². The van der Waals surface area contributed by atoms with Gasteiger partial charge in [0.1, 0.15) is 0 Å². The second kappa shape index (κ2) is 11.4. The minimum absolute atomic E-state index is 0.837. The van der Waals surface area contributed by atoms with Gasteiger partial charge in [0.15, 0.2) is 0 Å². The van der Waals surface area contributed by atoms with Crippen LogP contribution in [-0.2, 0) is 6.54 Å². The summed E-state index contributed by atoms with van der Waals surface area (Å²) < 4.78 is 2.20. The zero-order valence-corrected chi connectivity index (χ0v) is 13.5. The highest BCUT2D eigenvalue weighted by Crippen LogP contribution is 2.23. The zero-order chi connectivity index (χ0) is 13.8. The van der Waals surface area contributed by atoms with E-state index in [2.05, 4.69) is 41.4 Å². The van der Waals surface area contributed by atoms with E-state index < -0.39 is 0 Å². The minimum atomic E-state index is 0.837. The van der Waals surface area contributed by atoms with Gasteiger partial charge < -0.3 is 4.57 Å². The Labute approximate surface area is 123 Å². The average molecular weight is 282 g/mol. The molecule has 0 saturated heterocycles. The van der Waals surface area contributed by atoms with Gasteiger partial charge in [-0.1, -0.05) is 46.0 Å². The van der Waals surface area contributed by atoms with Gasteiger partial charge in [0, 0.05) is 24.2 Å². The number of hydrogen-bond donors (Lipinski definition) is 0. The molecule has 0 aliphatic heterocycles. The Balaban J connectivity index is 2.18. The molecule has 1 rings (SSSR count). The summed E-state index contributed by atoms with van der Waals surface area (Å²) in [5, 5.41) is 0.837. The van der Waals surface area contributed by atoms with Gasteiger partial charge in [-0.05, 0) is 25.0 Å². The molecule has 0 fully saturated rings. The van der Waals surface area contributed by atoms with Crippen LogP contribution in [0.25, 0.3) is 0 Å². The van der Waals surface area contributed by atoms with Gasteiger partial charge in [-0.15, -0.1) is 0 Å². The molecule has 0 amide bonds. The molecule has 0 radical (unpaired) electrons. The lowest BCUT2D eigenvalue weighted by Crippen LogP contribution is -2.08. The maximum Gasteiger partial charge on any atom is 0.0945 e. The molecule has 110 valence electrons. The fraction of sp³-hybridized carbons (Fsp3) is 0.812. The van der Waals surface area contributed by atoms with Crippen LogP contribution in [-0.4, -0.2) is 20.6 Å². The minimum Gasteiger partial charge on any atom is -0.337 e. The van der Waals surface area contributed by atoms with E-state index in [-0.39, 0.29) is 0 Å². The summed E-state index contributed by atoms with van der Waals surface area (Å²) in [4.78, 5) is 4.11. The fourth-order valence-electron chi connectivity index (χ4n) is 2.23. The smallest absolute Gasteiger partial charge is 0.0945 e. The highest BCUT2D eigenvalue weighted by molar-refractivity contribution is 7.99. The van der Waals surface area contributed by atoms with Crippen LogP contribution in [0.4, 0.5) is 0 Å². The number of imidazole rings is 1. The molecule has 19 heavy (non-hydrogen) atoms. The van der Waals surface area contributed by atoms with E-state index in [1.165, 1.54) is 57.1 Å². The third-order valence-corrected chi connectivity index (χ3v) is 4.97. The Morgan fingerprint density at radius 3 is 2.58 bits per heavy atom. The van der Waals surface area contributed by atoms with Crippen LogP contribution in [0.5, 0.6) is 0 Å². The fourth-order valence-corrected chi connectivity index (χ4v) is 3.54. The summed E-state index contributed by atoms with van der Waals surface area (Å²) in [5.41, 5.74) is 0. The molecule has 1 aromatic rings. The Kier molecular flexibility index (Phi) is 9.96. The first kappa shape index (κ1) is 16.6. The van der Waals surface area contributed by atoms with Gasteiger partial charge in [0.05, 0.1) is 6.33 Å². The summed E-state index contributed by atoms with van der Waals surface area (Å²) in [6, 6.07) is 0. The summed E-state index contributed by atoms with van der Waals surface area (Å²) >= 11 is 2.20. The molecule has 0 aliphatic rings. The molecular weight excluding hydrogens is 252 g/mol. The van der Waals surface area contributed by atoms with Crippen molar-refractivity contribution in [1.29, 1.82) is 0 Å².